The largest absolute Gasteiger partial charge is 0.356 e. The highest BCUT2D eigenvalue weighted by atomic mass is 35.5. The van der Waals surface area contributed by atoms with E-state index in [1.807, 2.05) is 17.0 Å². The van der Waals surface area contributed by atoms with Crippen LogP contribution in [0.1, 0.15) is 37.0 Å². The van der Waals surface area contributed by atoms with Gasteiger partial charge in [-0.15, -0.1) is 24.8 Å². The molecule has 0 bridgehead atoms. The Morgan fingerprint density at radius 2 is 2.08 bits per heavy atom. The number of nitrogens with zero attached hydrogens (tertiary/aromatic N) is 3. The lowest BCUT2D eigenvalue weighted by Gasteiger charge is -2.23. The van der Waals surface area contributed by atoms with Crippen LogP contribution in [0.5, 0.6) is 0 Å². The first-order chi connectivity index (χ1) is 10.6. The van der Waals surface area contributed by atoms with Crippen LogP contribution in [0.15, 0.2) is 18.3 Å². The van der Waals surface area contributed by atoms with Crippen molar-refractivity contribution in [2.45, 2.75) is 32.7 Å². The molecule has 3 rings (SSSR count). The Morgan fingerprint density at radius 1 is 1.33 bits per heavy atom. The van der Waals surface area contributed by atoms with Crippen LogP contribution in [-0.4, -0.2) is 48.0 Å². The number of carbonyl (C=O) groups excluding carboxylic acids is 1. The number of amides is 1. The van der Waals surface area contributed by atoms with Crippen molar-refractivity contribution in [2.24, 2.45) is 17.6 Å². The Morgan fingerprint density at radius 3 is 2.67 bits per heavy atom. The van der Waals surface area contributed by atoms with Gasteiger partial charge in [0.15, 0.2) is 0 Å². The van der Waals surface area contributed by atoms with E-state index >= 15 is 0 Å². The molecule has 0 radical (unpaired) electrons. The average Bonchev–Trinajstić information content (AvgIpc) is 3.12. The zero-order valence-electron chi connectivity index (χ0n) is 14.4. The smallest absolute Gasteiger partial charge is 0.254 e. The standard InChI is InChI=1S/C17H26N4O.2ClH/c1-12-4-6-20(10-12)16-8-15(3-5-19-16)17(22)21-11-14(9-18)7-13(21)2;;/h3,5,8,12-14H,4,6-7,9-11,18H2,1-2H3;2*1H. The predicted molar refractivity (Wildman–Crippen MR) is 102 cm³/mol. The van der Waals surface area contributed by atoms with E-state index in [-0.39, 0.29) is 36.8 Å². The summed E-state index contributed by atoms with van der Waals surface area (Å²) in [5.41, 5.74) is 6.51. The van der Waals surface area contributed by atoms with Crippen LogP contribution in [0, 0.1) is 11.8 Å². The maximum Gasteiger partial charge on any atom is 0.254 e. The molecule has 0 saturated carbocycles. The fourth-order valence-corrected chi connectivity index (χ4v) is 3.63. The maximum atomic E-state index is 12.8. The highest BCUT2D eigenvalue weighted by molar-refractivity contribution is 5.95. The molecule has 0 aliphatic carbocycles. The summed E-state index contributed by atoms with van der Waals surface area (Å²) in [7, 11) is 0. The van der Waals surface area contributed by atoms with Crippen molar-refractivity contribution in [2.75, 3.05) is 31.1 Å². The number of hydrogen-bond acceptors (Lipinski definition) is 4. The number of hydrogen-bond donors (Lipinski definition) is 1. The van der Waals surface area contributed by atoms with E-state index in [0.29, 0.717) is 18.4 Å². The molecule has 0 aromatic carbocycles. The Labute approximate surface area is 156 Å². The second-order valence-electron chi connectivity index (χ2n) is 6.89. The predicted octanol–water partition coefficient (Wildman–Crippen LogP) is 2.58. The van der Waals surface area contributed by atoms with Gasteiger partial charge in [0, 0.05) is 37.4 Å². The van der Waals surface area contributed by atoms with E-state index in [0.717, 1.165) is 37.4 Å². The molecule has 136 valence electrons. The topological polar surface area (TPSA) is 62.5 Å². The third-order valence-electron chi connectivity index (χ3n) is 5.00. The zero-order valence-corrected chi connectivity index (χ0v) is 16.0. The molecule has 2 aliphatic heterocycles. The molecule has 5 nitrogen and oxygen atoms in total. The second-order valence-corrected chi connectivity index (χ2v) is 6.89. The molecule has 2 fully saturated rings. The SMILES string of the molecule is CC1CCN(c2cc(C(=O)N3CC(CN)CC3C)ccn2)C1.Cl.Cl. The number of nitrogens with two attached hydrogens (primary N) is 1. The van der Waals surface area contributed by atoms with E-state index in [4.69, 9.17) is 5.73 Å². The van der Waals surface area contributed by atoms with E-state index in [1.54, 1.807) is 6.20 Å². The average molecular weight is 375 g/mol. The molecule has 3 unspecified atom stereocenters. The number of pyridine rings is 1. The van der Waals surface area contributed by atoms with Crippen LogP contribution in [0.25, 0.3) is 0 Å². The molecule has 2 saturated heterocycles. The van der Waals surface area contributed by atoms with Gasteiger partial charge in [0.05, 0.1) is 0 Å². The highest BCUT2D eigenvalue weighted by Crippen LogP contribution is 2.26. The fourth-order valence-electron chi connectivity index (χ4n) is 3.63. The molecule has 7 heteroatoms. The number of halogens is 2. The van der Waals surface area contributed by atoms with Crippen molar-refractivity contribution >= 4 is 36.5 Å². The molecule has 1 amide bonds. The number of aromatic nitrogens is 1. The Bertz CT molecular complexity index is 557. The summed E-state index contributed by atoms with van der Waals surface area (Å²) in [6, 6.07) is 4.04. The summed E-state index contributed by atoms with van der Waals surface area (Å²) < 4.78 is 0. The van der Waals surface area contributed by atoms with E-state index in [1.165, 1.54) is 6.42 Å². The van der Waals surface area contributed by atoms with Crippen LogP contribution in [0.4, 0.5) is 5.82 Å². The summed E-state index contributed by atoms with van der Waals surface area (Å²) in [5, 5.41) is 0. The molecule has 1 aromatic heterocycles. The van der Waals surface area contributed by atoms with Gasteiger partial charge in [-0.3, -0.25) is 4.79 Å². The Balaban J connectivity index is 0.00000144. The highest BCUT2D eigenvalue weighted by Gasteiger charge is 2.32. The van der Waals surface area contributed by atoms with Crippen LogP contribution >= 0.6 is 24.8 Å². The van der Waals surface area contributed by atoms with E-state index in [2.05, 4.69) is 23.7 Å². The lowest BCUT2D eigenvalue weighted by molar-refractivity contribution is 0.0743. The minimum atomic E-state index is 0. The third kappa shape index (κ3) is 4.32. The van der Waals surface area contributed by atoms with E-state index < -0.39 is 0 Å². The maximum absolute atomic E-state index is 12.8. The van der Waals surface area contributed by atoms with Crippen LogP contribution in [0.3, 0.4) is 0 Å². The van der Waals surface area contributed by atoms with Gasteiger partial charge in [-0.1, -0.05) is 6.92 Å². The van der Waals surface area contributed by atoms with Gasteiger partial charge >= 0.3 is 0 Å². The quantitative estimate of drug-likeness (QED) is 0.882. The van der Waals surface area contributed by atoms with Crippen LogP contribution in [-0.2, 0) is 0 Å². The third-order valence-corrected chi connectivity index (χ3v) is 5.00. The van der Waals surface area contributed by atoms with Crippen molar-refractivity contribution in [3.8, 4) is 0 Å². The lowest BCUT2D eigenvalue weighted by Crippen LogP contribution is -2.34. The second kappa shape index (κ2) is 8.88. The molecule has 3 heterocycles. The molecule has 24 heavy (non-hydrogen) atoms. The normalized spacial score (nSPS) is 26.0. The molecule has 1 aromatic rings. The molecular formula is C17H28Cl2N4O. The van der Waals surface area contributed by atoms with Gasteiger partial charge in [0.2, 0.25) is 0 Å². The summed E-state index contributed by atoms with van der Waals surface area (Å²) in [4.78, 5) is 21.5. The summed E-state index contributed by atoms with van der Waals surface area (Å²) in [5.74, 6) is 2.17. The van der Waals surface area contributed by atoms with Crippen molar-refractivity contribution in [1.82, 2.24) is 9.88 Å². The van der Waals surface area contributed by atoms with Gasteiger partial charge in [-0.05, 0) is 50.3 Å². The summed E-state index contributed by atoms with van der Waals surface area (Å²) >= 11 is 0. The van der Waals surface area contributed by atoms with Crippen LogP contribution in [0.2, 0.25) is 0 Å². The van der Waals surface area contributed by atoms with Gasteiger partial charge < -0.3 is 15.5 Å². The monoisotopic (exact) mass is 374 g/mol. The molecule has 2 N–H and O–H groups in total. The van der Waals surface area contributed by atoms with Crippen molar-refractivity contribution < 1.29 is 4.79 Å². The Kier molecular flexibility index (Phi) is 7.77. The van der Waals surface area contributed by atoms with Crippen molar-refractivity contribution in [3.05, 3.63) is 23.9 Å². The fraction of sp³-hybridized carbons (Fsp3) is 0.647. The molecular weight excluding hydrogens is 347 g/mol. The molecule has 3 atom stereocenters. The van der Waals surface area contributed by atoms with Crippen molar-refractivity contribution in [1.29, 1.82) is 0 Å². The molecule has 0 spiro atoms. The van der Waals surface area contributed by atoms with Gasteiger partial charge in [0.1, 0.15) is 5.82 Å². The summed E-state index contributed by atoms with van der Waals surface area (Å²) in [6.07, 6.45) is 3.96. The number of rotatable bonds is 3. The lowest BCUT2D eigenvalue weighted by atomic mass is 10.1. The minimum absolute atomic E-state index is 0. The summed E-state index contributed by atoms with van der Waals surface area (Å²) in [6.45, 7) is 7.85. The van der Waals surface area contributed by atoms with Gasteiger partial charge in [0.25, 0.3) is 5.91 Å². The van der Waals surface area contributed by atoms with Crippen LogP contribution < -0.4 is 10.6 Å². The zero-order chi connectivity index (χ0) is 15.7. The number of likely N-dealkylation sites (tertiary alicyclic amines) is 1. The first kappa shape index (κ1) is 21.0. The number of carbonyl (C=O) groups is 1. The number of anilines is 1. The minimum Gasteiger partial charge on any atom is -0.356 e. The van der Waals surface area contributed by atoms with Gasteiger partial charge in [-0.25, -0.2) is 4.98 Å². The first-order valence-electron chi connectivity index (χ1n) is 8.30. The molecule has 2 aliphatic rings. The van der Waals surface area contributed by atoms with Gasteiger partial charge in [-0.2, -0.15) is 0 Å². The van der Waals surface area contributed by atoms with E-state index in [9.17, 15) is 4.79 Å². The first-order valence-corrected chi connectivity index (χ1v) is 8.30. The Hall–Kier alpha value is -1.04. The van der Waals surface area contributed by atoms with Crippen molar-refractivity contribution in [3.63, 3.8) is 0 Å².